The lowest BCUT2D eigenvalue weighted by atomic mass is 10.1. The summed E-state index contributed by atoms with van der Waals surface area (Å²) in [6, 6.07) is 12.1. The van der Waals surface area contributed by atoms with Crippen molar-refractivity contribution < 1.29 is 4.74 Å². The van der Waals surface area contributed by atoms with Crippen molar-refractivity contribution in [3.63, 3.8) is 0 Å². The van der Waals surface area contributed by atoms with Crippen molar-refractivity contribution in [1.82, 2.24) is 4.98 Å². The maximum atomic E-state index is 5.96. The van der Waals surface area contributed by atoms with Gasteiger partial charge in [-0.25, -0.2) is 4.98 Å². The van der Waals surface area contributed by atoms with E-state index in [-0.39, 0.29) is 0 Å². The van der Waals surface area contributed by atoms with Gasteiger partial charge in [-0.05, 0) is 48.4 Å². The van der Waals surface area contributed by atoms with Crippen LogP contribution in [-0.4, -0.2) is 12.1 Å². The number of thiazole rings is 1. The fraction of sp³-hybridized carbons (Fsp3) is 0.188. The van der Waals surface area contributed by atoms with Crippen LogP contribution >= 0.6 is 11.3 Å². The Hall–Kier alpha value is -2.07. The second kappa shape index (κ2) is 5.13. The molecule has 4 heteroatoms. The minimum absolute atomic E-state index is 0.846. The number of anilines is 1. The number of nitrogen functional groups attached to an aromatic ring is 1. The summed E-state index contributed by atoms with van der Waals surface area (Å²) in [5.74, 6) is 0.860. The predicted octanol–water partition coefficient (Wildman–Crippen LogP) is 4.12. The molecule has 0 saturated carbocycles. The van der Waals surface area contributed by atoms with Crippen molar-refractivity contribution in [2.24, 2.45) is 0 Å². The van der Waals surface area contributed by atoms with E-state index in [4.69, 9.17) is 10.5 Å². The standard InChI is InChI=1S/C16H16N2OS/c1-3-10-8-11(4-6-13(10)17)16-18-14-7-5-12(19-2)9-15(14)20-16/h4-9H,3,17H2,1-2H3. The molecule has 1 aromatic heterocycles. The smallest absolute Gasteiger partial charge is 0.124 e. The van der Waals surface area contributed by atoms with Gasteiger partial charge in [-0.1, -0.05) is 6.92 Å². The Morgan fingerprint density at radius 1 is 1.20 bits per heavy atom. The van der Waals surface area contributed by atoms with Gasteiger partial charge >= 0.3 is 0 Å². The van der Waals surface area contributed by atoms with Gasteiger partial charge in [0.15, 0.2) is 0 Å². The first-order valence-electron chi connectivity index (χ1n) is 6.54. The number of ether oxygens (including phenoxy) is 1. The summed E-state index contributed by atoms with van der Waals surface area (Å²) in [5, 5.41) is 1.02. The maximum absolute atomic E-state index is 5.96. The molecule has 2 aromatic carbocycles. The van der Waals surface area contributed by atoms with Crippen LogP contribution in [0.5, 0.6) is 5.75 Å². The Labute approximate surface area is 122 Å². The fourth-order valence-corrected chi connectivity index (χ4v) is 3.19. The van der Waals surface area contributed by atoms with E-state index in [0.717, 1.165) is 38.6 Å². The highest BCUT2D eigenvalue weighted by Gasteiger charge is 2.08. The molecule has 0 aliphatic rings. The number of methoxy groups -OCH3 is 1. The predicted molar refractivity (Wildman–Crippen MR) is 85.4 cm³/mol. The SMILES string of the molecule is CCc1cc(-c2nc3ccc(OC)cc3s2)ccc1N. The van der Waals surface area contributed by atoms with E-state index >= 15 is 0 Å². The van der Waals surface area contributed by atoms with Gasteiger partial charge in [-0.3, -0.25) is 0 Å². The first kappa shape index (κ1) is 12.9. The van der Waals surface area contributed by atoms with Gasteiger partial charge < -0.3 is 10.5 Å². The fourth-order valence-electron chi connectivity index (χ4n) is 2.20. The summed E-state index contributed by atoms with van der Waals surface area (Å²) in [4.78, 5) is 4.69. The zero-order chi connectivity index (χ0) is 14.1. The molecule has 3 rings (SSSR count). The average Bonchev–Trinajstić information content (AvgIpc) is 2.90. The molecule has 0 aliphatic carbocycles. The van der Waals surface area contributed by atoms with Crippen LogP contribution in [0.1, 0.15) is 12.5 Å². The first-order chi connectivity index (χ1) is 9.71. The summed E-state index contributed by atoms with van der Waals surface area (Å²) in [7, 11) is 1.68. The maximum Gasteiger partial charge on any atom is 0.124 e. The second-order valence-electron chi connectivity index (χ2n) is 4.62. The Bertz CT molecular complexity index is 764. The van der Waals surface area contributed by atoms with Gasteiger partial charge in [-0.15, -0.1) is 11.3 Å². The van der Waals surface area contributed by atoms with Crippen LogP contribution < -0.4 is 10.5 Å². The number of nitrogens with zero attached hydrogens (tertiary/aromatic N) is 1. The second-order valence-corrected chi connectivity index (χ2v) is 5.65. The Kier molecular flexibility index (Phi) is 3.32. The summed E-state index contributed by atoms with van der Waals surface area (Å²) in [5.41, 5.74) is 10.1. The van der Waals surface area contributed by atoms with E-state index in [0.29, 0.717) is 0 Å². The summed E-state index contributed by atoms with van der Waals surface area (Å²) < 4.78 is 6.39. The molecule has 3 nitrogen and oxygen atoms in total. The number of aromatic nitrogens is 1. The molecule has 102 valence electrons. The largest absolute Gasteiger partial charge is 0.497 e. The topological polar surface area (TPSA) is 48.1 Å². The minimum Gasteiger partial charge on any atom is -0.497 e. The summed E-state index contributed by atoms with van der Waals surface area (Å²) in [6.45, 7) is 2.11. The van der Waals surface area contributed by atoms with E-state index in [1.54, 1.807) is 18.4 Å². The molecule has 1 heterocycles. The molecule has 0 unspecified atom stereocenters. The van der Waals surface area contributed by atoms with Gasteiger partial charge in [-0.2, -0.15) is 0 Å². The van der Waals surface area contributed by atoms with Gasteiger partial charge in [0.2, 0.25) is 0 Å². The van der Waals surface area contributed by atoms with Crippen molar-refractivity contribution in [3.05, 3.63) is 42.0 Å². The van der Waals surface area contributed by atoms with Crippen LogP contribution in [0, 0.1) is 0 Å². The van der Waals surface area contributed by atoms with Crippen LogP contribution in [0.2, 0.25) is 0 Å². The highest BCUT2D eigenvalue weighted by atomic mass is 32.1. The molecule has 0 saturated heterocycles. The molecule has 2 N–H and O–H groups in total. The third-order valence-electron chi connectivity index (χ3n) is 3.37. The highest BCUT2D eigenvalue weighted by molar-refractivity contribution is 7.21. The first-order valence-corrected chi connectivity index (χ1v) is 7.36. The number of hydrogen-bond acceptors (Lipinski definition) is 4. The molecule has 0 atom stereocenters. The van der Waals surface area contributed by atoms with E-state index in [1.165, 1.54) is 5.56 Å². The minimum atomic E-state index is 0.846. The third kappa shape index (κ3) is 2.23. The van der Waals surface area contributed by atoms with Crippen molar-refractivity contribution in [3.8, 4) is 16.3 Å². The lowest BCUT2D eigenvalue weighted by Crippen LogP contribution is -1.92. The third-order valence-corrected chi connectivity index (χ3v) is 4.43. The van der Waals surface area contributed by atoms with E-state index in [9.17, 15) is 0 Å². The molecule has 0 radical (unpaired) electrons. The van der Waals surface area contributed by atoms with E-state index in [1.807, 2.05) is 30.3 Å². The van der Waals surface area contributed by atoms with Gasteiger partial charge in [0.25, 0.3) is 0 Å². The van der Waals surface area contributed by atoms with Crippen LogP contribution in [0.15, 0.2) is 36.4 Å². The zero-order valence-corrected chi connectivity index (χ0v) is 12.3. The van der Waals surface area contributed by atoms with Gasteiger partial charge in [0, 0.05) is 11.3 Å². The van der Waals surface area contributed by atoms with Crippen molar-refractivity contribution in [2.45, 2.75) is 13.3 Å². The van der Waals surface area contributed by atoms with Crippen molar-refractivity contribution >= 4 is 27.2 Å². The number of nitrogens with two attached hydrogens (primary N) is 1. The lowest BCUT2D eigenvalue weighted by molar-refractivity contribution is 0.415. The van der Waals surface area contributed by atoms with Crippen LogP contribution in [0.25, 0.3) is 20.8 Å². The molecule has 20 heavy (non-hydrogen) atoms. The van der Waals surface area contributed by atoms with Crippen molar-refractivity contribution in [1.29, 1.82) is 0 Å². The molecule has 0 bridgehead atoms. The van der Waals surface area contributed by atoms with E-state index in [2.05, 4.69) is 18.0 Å². The zero-order valence-electron chi connectivity index (χ0n) is 11.5. The summed E-state index contributed by atoms with van der Waals surface area (Å²) in [6.07, 6.45) is 0.929. The van der Waals surface area contributed by atoms with Crippen molar-refractivity contribution in [2.75, 3.05) is 12.8 Å². The van der Waals surface area contributed by atoms with Crippen LogP contribution in [-0.2, 0) is 6.42 Å². The Balaban J connectivity index is 2.09. The quantitative estimate of drug-likeness (QED) is 0.736. The van der Waals surface area contributed by atoms with E-state index < -0.39 is 0 Å². The molecule has 0 spiro atoms. The van der Waals surface area contributed by atoms with Crippen LogP contribution in [0.4, 0.5) is 5.69 Å². The number of rotatable bonds is 3. The molecule has 0 amide bonds. The lowest BCUT2D eigenvalue weighted by Gasteiger charge is -2.04. The van der Waals surface area contributed by atoms with Gasteiger partial charge in [0.1, 0.15) is 10.8 Å². The normalized spacial score (nSPS) is 10.9. The van der Waals surface area contributed by atoms with Gasteiger partial charge in [0.05, 0.1) is 17.3 Å². The van der Waals surface area contributed by atoms with Crippen LogP contribution in [0.3, 0.4) is 0 Å². The average molecular weight is 284 g/mol. The monoisotopic (exact) mass is 284 g/mol. The number of hydrogen-bond donors (Lipinski definition) is 1. The molecule has 3 aromatic rings. The number of fused-ring (bicyclic) bond motifs is 1. The molecular formula is C16H16N2OS. The number of benzene rings is 2. The molecule has 0 fully saturated rings. The Morgan fingerprint density at radius 2 is 2.05 bits per heavy atom. The number of aryl methyl sites for hydroxylation is 1. The molecule has 0 aliphatic heterocycles. The Morgan fingerprint density at radius 3 is 2.80 bits per heavy atom. The highest BCUT2D eigenvalue weighted by Crippen LogP contribution is 2.33. The molecular weight excluding hydrogens is 268 g/mol. The summed E-state index contributed by atoms with van der Waals surface area (Å²) >= 11 is 1.67.